The predicted molar refractivity (Wildman–Crippen MR) is 82.0 cm³/mol. The summed E-state index contributed by atoms with van der Waals surface area (Å²) in [7, 11) is 3.15. The van der Waals surface area contributed by atoms with Gasteiger partial charge in [0.05, 0.1) is 6.61 Å². The van der Waals surface area contributed by atoms with E-state index in [2.05, 4.69) is 20.1 Å². The van der Waals surface area contributed by atoms with E-state index in [4.69, 9.17) is 4.74 Å². The van der Waals surface area contributed by atoms with Gasteiger partial charge in [-0.05, 0) is 6.92 Å². The first-order chi connectivity index (χ1) is 11.0. The van der Waals surface area contributed by atoms with Gasteiger partial charge in [0.2, 0.25) is 0 Å². The Morgan fingerprint density at radius 1 is 1.35 bits per heavy atom. The molecule has 2 aromatic rings. The lowest BCUT2D eigenvalue weighted by atomic mass is 10.2. The highest BCUT2D eigenvalue weighted by Gasteiger charge is 2.25. The Morgan fingerprint density at radius 3 is 2.83 bits per heavy atom. The van der Waals surface area contributed by atoms with E-state index in [-0.39, 0.29) is 17.4 Å². The molecule has 1 unspecified atom stereocenters. The molecule has 0 saturated carbocycles. The highest BCUT2D eigenvalue weighted by molar-refractivity contribution is 5.03. The molecule has 0 spiro atoms. The van der Waals surface area contributed by atoms with E-state index >= 15 is 0 Å². The number of H-pyrrole nitrogens is 1. The fraction of sp³-hybridized carbons (Fsp3) is 0.571. The molecule has 0 radical (unpaired) electrons. The monoisotopic (exact) mass is 320 g/mol. The van der Waals surface area contributed by atoms with Gasteiger partial charge in [0.1, 0.15) is 11.9 Å². The van der Waals surface area contributed by atoms with Crippen LogP contribution in [0, 0.1) is 6.92 Å². The number of nitrogens with one attached hydrogen (secondary N) is 1. The largest absolute Gasteiger partial charge is 0.367 e. The SMILES string of the molecule is Cc1nc(C2CN(Cc3cc(=O)n(C)c(=O)n3C)CCO2)n[nH]1. The minimum Gasteiger partial charge on any atom is -0.367 e. The molecule has 2 aromatic heterocycles. The van der Waals surface area contributed by atoms with E-state index in [1.54, 1.807) is 7.05 Å². The number of aromatic nitrogens is 5. The lowest BCUT2D eigenvalue weighted by Crippen LogP contribution is -2.42. The molecule has 0 amide bonds. The first-order valence-electron chi connectivity index (χ1n) is 7.44. The number of morpholine rings is 1. The number of ether oxygens (including phenoxy) is 1. The number of hydrogen-bond acceptors (Lipinski definition) is 6. The Bertz CT molecular complexity index is 821. The number of nitrogens with zero attached hydrogens (tertiary/aromatic N) is 5. The highest BCUT2D eigenvalue weighted by atomic mass is 16.5. The lowest BCUT2D eigenvalue weighted by Gasteiger charge is -2.31. The van der Waals surface area contributed by atoms with Gasteiger partial charge in [-0.2, -0.15) is 5.10 Å². The molecule has 23 heavy (non-hydrogen) atoms. The minimum atomic E-state index is -0.318. The summed E-state index contributed by atoms with van der Waals surface area (Å²) >= 11 is 0. The van der Waals surface area contributed by atoms with Crippen LogP contribution >= 0.6 is 0 Å². The maximum absolute atomic E-state index is 12.0. The second-order valence-corrected chi connectivity index (χ2v) is 5.75. The van der Waals surface area contributed by atoms with Gasteiger partial charge in [-0.15, -0.1) is 0 Å². The summed E-state index contributed by atoms with van der Waals surface area (Å²) in [6, 6.07) is 1.50. The fourth-order valence-corrected chi connectivity index (χ4v) is 2.67. The molecular weight excluding hydrogens is 300 g/mol. The molecule has 0 aliphatic carbocycles. The van der Waals surface area contributed by atoms with Gasteiger partial charge in [-0.25, -0.2) is 9.78 Å². The second kappa shape index (κ2) is 6.09. The quantitative estimate of drug-likeness (QED) is 0.786. The molecule has 0 bridgehead atoms. The summed E-state index contributed by atoms with van der Waals surface area (Å²) in [5.74, 6) is 1.37. The first kappa shape index (κ1) is 15.6. The van der Waals surface area contributed by atoms with Crippen LogP contribution < -0.4 is 11.2 Å². The standard InChI is InChI=1S/C14H20N6O3/c1-9-15-13(17-16-9)11-8-20(4-5-23-11)7-10-6-12(21)19(3)14(22)18(10)2/h6,11H,4-5,7-8H2,1-3H3,(H,15,16,17). The van der Waals surface area contributed by atoms with E-state index in [1.807, 2.05) is 6.92 Å². The molecule has 9 heteroatoms. The van der Waals surface area contributed by atoms with Crippen LogP contribution in [-0.4, -0.2) is 48.9 Å². The third-order valence-corrected chi connectivity index (χ3v) is 4.06. The predicted octanol–water partition coefficient (Wildman–Crippen LogP) is -0.916. The molecule has 1 aliphatic rings. The zero-order valence-corrected chi connectivity index (χ0v) is 13.4. The van der Waals surface area contributed by atoms with Crippen LogP contribution in [0.2, 0.25) is 0 Å². The van der Waals surface area contributed by atoms with Gasteiger partial charge in [-0.1, -0.05) is 0 Å². The fourth-order valence-electron chi connectivity index (χ4n) is 2.67. The van der Waals surface area contributed by atoms with Crippen molar-refractivity contribution < 1.29 is 4.74 Å². The van der Waals surface area contributed by atoms with Gasteiger partial charge in [0, 0.05) is 45.5 Å². The molecule has 1 aliphatic heterocycles. The smallest absolute Gasteiger partial charge is 0.330 e. The molecule has 9 nitrogen and oxygen atoms in total. The second-order valence-electron chi connectivity index (χ2n) is 5.75. The Labute approximate surface area is 132 Å². The Hall–Kier alpha value is -2.26. The van der Waals surface area contributed by atoms with Crippen molar-refractivity contribution in [3.8, 4) is 0 Å². The molecule has 1 fully saturated rings. The molecule has 124 valence electrons. The zero-order chi connectivity index (χ0) is 16.6. The average molecular weight is 320 g/mol. The normalized spacial score (nSPS) is 19.2. The van der Waals surface area contributed by atoms with Crippen molar-refractivity contribution in [3.05, 3.63) is 44.2 Å². The molecule has 3 rings (SSSR count). The third kappa shape index (κ3) is 3.10. The van der Waals surface area contributed by atoms with Crippen molar-refractivity contribution in [2.45, 2.75) is 19.6 Å². The molecule has 1 saturated heterocycles. The topological polar surface area (TPSA) is 98.0 Å². The summed E-state index contributed by atoms with van der Waals surface area (Å²) < 4.78 is 8.32. The van der Waals surface area contributed by atoms with Crippen LogP contribution in [0.5, 0.6) is 0 Å². The van der Waals surface area contributed by atoms with Crippen LogP contribution in [-0.2, 0) is 25.4 Å². The average Bonchev–Trinajstić information content (AvgIpc) is 2.97. The van der Waals surface area contributed by atoms with Crippen LogP contribution in [0.15, 0.2) is 15.7 Å². The van der Waals surface area contributed by atoms with Gasteiger partial charge in [-0.3, -0.25) is 23.9 Å². The number of aryl methyl sites for hydroxylation is 1. The van der Waals surface area contributed by atoms with E-state index < -0.39 is 0 Å². The number of rotatable bonds is 3. The van der Waals surface area contributed by atoms with E-state index in [0.717, 1.165) is 16.9 Å². The molecule has 0 aromatic carbocycles. The molecular formula is C14H20N6O3. The molecule has 1 N–H and O–H groups in total. The molecule has 3 heterocycles. The number of hydrogen-bond donors (Lipinski definition) is 1. The third-order valence-electron chi connectivity index (χ3n) is 4.06. The van der Waals surface area contributed by atoms with Crippen molar-refractivity contribution in [1.29, 1.82) is 0 Å². The number of aromatic amines is 1. The van der Waals surface area contributed by atoms with Crippen LogP contribution in [0.3, 0.4) is 0 Å². The van der Waals surface area contributed by atoms with Crippen molar-refractivity contribution in [2.24, 2.45) is 14.1 Å². The summed E-state index contributed by atoms with van der Waals surface area (Å²) in [5, 5.41) is 6.95. The van der Waals surface area contributed by atoms with Gasteiger partial charge < -0.3 is 4.74 Å². The minimum absolute atomic E-state index is 0.211. The first-order valence-corrected chi connectivity index (χ1v) is 7.44. The van der Waals surface area contributed by atoms with Gasteiger partial charge >= 0.3 is 5.69 Å². The van der Waals surface area contributed by atoms with Gasteiger partial charge in [0.25, 0.3) is 5.56 Å². The summed E-state index contributed by atoms with van der Waals surface area (Å²) in [6.07, 6.45) is -0.211. The van der Waals surface area contributed by atoms with Crippen LogP contribution in [0.1, 0.15) is 23.4 Å². The van der Waals surface area contributed by atoms with Crippen molar-refractivity contribution in [2.75, 3.05) is 19.7 Å². The maximum Gasteiger partial charge on any atom is 0.330 e. The zero-order valence-electron chi connectivity index (χ0n) is 13.4. The van der Waals surface area contributed by atoms with Crippen molar-refractivity contribution in [3.63, 3.8) is 0 Å². The van der Waals surface area contributed by atoms with E-state index in [1.165, 1.54) is 17.7 Å². The Kier molecular flexibility index (Phi) is 4.14. The van der Waals surface area contributed by atoms with Gasteiger partial charge in [0.15, 0.2) is 5.82 Å². The van der Waals surface area contributed by atoms with Crippen LogP contribution in [0.4, 0.5) is 0 Å². The summed E-state index contributed by atoms with van der Waals surface area (Å²) in [4.78, 5) is 30.3. The Balaban J connectivity index is 1.78. The molecule has 1 atom stereocenters. The maximum atomic E-state index is 12.0. The highest BCUT2D eigenvalue weighted by Crippen LogP contribution is 2.20. The Morgan fingerprint density at radius 2 is 2.13 bits per heavy atom. The van der Waals surface area contributed by atoms with Crippen molar-refractivity contribution >= 4 is 0 Å². The summed E-state index contributed by atoms with van der Waals surface area (Å²) in [6.45, 7) is 4.23. The van der Waals surface area contributed by atoms with Crippen LogP contribution in [0.25, 0.3) is 0 Å². The summed E-state index contributed by atoms with van der Waals surface area (Å²) in [5.41, 5.74) is 0.0734. The van der Waals surface area contributed by atoms with Crippen molar-refractivity contribution in [1.82, 2.24) is 29.2 Å². The lowest BCUT2D eigenvalue weighted by molar-refractivity contribution is -0.0377. The van der Waals surface area contributed by atoms with E-state index in [9.17, 15) is 9.59 Å². The van der Waals surface area contributed by atoms with E-state index in [0.29, 0.717) is 31.2 Å².